The number of hydrogen-bond acceptors (Lipinski definition) is 8. The fraction of sp³-hybridized carbons (Fsp3) is 0.323. The van der Waals surface area contributed by atoms with E-state index in [0.717, 1.165) is 60.8 Å². The molecule has 0 unspecified atom stereocenters. The summed E-state index contributed by atoms with van der Waals surface area (Å²) in [6.07, 6.45) is 7.05. The molecule has 2 aromatic heterocycles. The number of methoxy groups -OCH3 is 1. The summed E-state index contributed by atoms with van der Waals surface area (Å²) in [5.41, 5.74) is 2.30. The third-order valence-corrected chi connectivity index (χ3v) is 7.76. The molecule has 1 amide bonds. The third-order valence-electron chi connectivity index (χ3n) is 6.95. The predicted molar refractivity (Wildman–Crippen MR) is 159 cm³/mol. The van der Waals surface area contributed by atoms with Crippen LogP contribution in [-0.4, -0.2) is 71.4 Å². The highest BCUT2D eigenvalue weighted by molar-refractivity contribution is 7.09. The van der Waals surface area contributed by atoms with E-state index in [9.17, 15) is 4.79 Å². The van der Waals surface area contributed by atoms with Crippen molar-refractivity contribution in [2.24, 2.45) is 0 Å². The zero-order valence-electron chi connectivity index (χ0n) is 22.8. The molecule has 1 saturated heterocycles. The van der Waals surface area contributed by atoms with Crippen LogP contribution in [0.2, 0.25) is 0 Å². The van der Waals surface area contributed by atoms with E-state index in [4.69, 9.17) is 14.1 Å². The summed E-state index contributed by atoms with van der Waals surface area (Å²) in [5.74, 6) is 2.57. The van der Waals surface area contributed by atoms with Gasteiger partial charge in [-0.2, -0.15) is 4.37 Å². The summed E-state index contributed by atoms with van der Waals surface area (Å²) in [5, 5.41) is 0.789. The van der Waals surface area contributed by atoms with Gasteiger partial charge in [0.25, 0.3) is 0 Å². The molecule has 9 heteroatoms. The summed E-state index contributed by atoms with van der Waals surface area (Å²) < 4.78 is 15.5. The molecule has 2 aromatic carbocycles. The highest BCUT2D eigenvalue weighted by Gasteiger charge is 2.22. The lowest BCUT2D eigenvalue weighted by Gasteiger charge is -2.34. The van der Waals surface area contributed by atoms with Gasteiger partial charge in [0.2, 0.25) is 11.0 Å². The van der Waals surface area contributed by atoms with Crippen LogP contribution in [0.5, 0.6) is 5.75 Å². The number of rotatable bonds is 12. The molecule has 1 aliphatic rings. The lowest BCUT2D eigenvalue weighted by atomic mass is 10.1. The topological polar surface area (TPSA) is 74.9 Å². The number of amides is 1. The maximum atomic E-state index is 13.1. The highest BCUT2D eigenvalue weighted by atomic mass is 32.1. The number of carbonyl (C=O) groups is 1. The van der Waals surface area contributed by atoms with Gasteiger partial charge in [-0.15, -0.1) is 0 Å². The van der Waals surface area contributed by atoms with Crippen molar-refractivity contribution in [1.29, 1.82) is 0 Å². The van der Waals surface area contributed by atoms with Crippen LogP contribution in [0.4, 0.5) is 5.13 Å². The molecule has 0 bridgehead atoms. The second-order valence-corrected chi connectivity index (χ2v) is 10.5. The quantitative estimate of drug-likeness (QED) is 0.243. The lowest BCUT2D eigenvalue weighted by molar-refractivity contribution is -0.132. The van der Waals surface area contributed by atoms with Crippen LogP contribution in [0.15, 0.2) is 83.5 Å². The molecule has 3 heterocycles. The van der Waals surface area contributed by atoms with Crippen molar-refractivity contribution in [1.82, 2.24) is 19.2 Å². The van der Waals surface area contributed by atoms with E-state index in [1.807, 2.05) is 59.5 Å². The van der Waals surface area contributed by atoms with Crippen LogP contribution in [-0.2, 0) is 17.8 Å². The van der Waals surface area contributed by atoms with Crippen LogP contribution in [0, 0.1) is 0 Å². The fourth-order valence-corrected chi connectivity index (χ4v) is 5.42. The van der Waals surface area contributed by atoms with E-state index in [1.54, 1.807) is 13.4 Å². The number of piperazine rings is 1. The van der Waals surface area contributed by atoms with Crippen LogP contribution in [0.3, 0.4) is 0 Å². The van der Waals surface area contributed by atoms with Crippen LogP contribution in [0.1, 0.15) is 29.1 Å². The van der Waals surface area contributed by atoms with Crippen LogP contribution >= 0.6 is 11.5 Å². The molecule has 208 valence electrons. The first-order valence-electron chi connectivity index (χ1n) is 13.6. The monoisotopic (exact) mass is 557 g/mol. The molecule has 40 heavy (non-hydrogen) atoms. The normalized spacial score (nSPS) is 14.1. The highest BCUT2D eigenvalue weighted by Crippen LogP contribution is 2.23. The zero-order chi connectivity index (χ0) is 27.6. The average Bonchev–Trinajstić information content (AvgIpc) is 3.68. The predicted octanol–water partition coefficient (Wildman–Crippen LogP) is 4.98. The van der Waals surface area contributed by atoms with Crippen molar-refractivity contribution in [3.05, 3.63) is 102 Å². The van der Waals surface area contributed by atoms with Crippen LogP contribution < -0.4 is 9.64 Å². The van der Waals surface area contributed by atoms with Crippen molar-refractivity contribution in [3.8, 4) is 5.75 Å². The summed E-state index contributed by atoms with van der Waals surface area (Å²) in [6, 6.07) is 22.1. The minimum Gasteiger partial charge on any atom is -0.497 e. The minimum absolute atomic E-state index is 0.171. The first-order chi connectivity index (χ1) is 19.7. The first kappa shape index (κ1) is 27.6. The maximum Gasteiger partial charge on any atom is 0.224 e. The maximum absolute atomic E-state index is 13.1. The Balaban J connectivity index is 1.14. The Kier molecular flexibility index (Phi) is 9.60. The minimum atomic E-state index is 0.171. The van der Waals surface area contributed by atoms with Gasteiger partial charge >= 0.3 is 0 Å². The Morgan fingerprint density at radius 1 is 1.07 bits per heavy atom. The Morgan fingerprint density at radius 3 is 2.70 bits per heavy atom. The number of furan rings is 1. The van der Waals surface area contributed by atoms with E-state index in [2.05, 4.69) is 38.5 Å². The van der Waals surface area contributed by atoms with Crippen molar-refractivity contribution in [2.75, 3.05) is 51.3 Å². The Hall–Kier alpha value is -3.95. The SMILES string of the molecule is COc1cccc(Cc2nsc(N(CCC(=O)N3CCN(C/C=C/c4ccccc4)CC3)Cc3ccco3)n2)c1. The molecule has 1 fully saturated rings. The molecule has 4 aromatic rings. The first-order valence-corrected chi connectivity index (χ1v) is 14.4. The van der Waals surface area contributed by atoms with Gasteiger partial charge in [0.15, 0.2) is 0 Å². The van der Waals surface area contributed by atoms with E-state index in [1.165, 1.54) is 17.1 Å². The van der Waals surface area contributed by atoms with Gasteiger partial charge in [0.05, 0.1) is 19.9 Å². The number of nitrogens with zero attached hydrogens (tertiary/aromatic N) is 5. The van der Waals surface area contributed by atoms with Gasteiger partial charge < -0.3 is 19.0 Å². The van der Waals surface area contributed by atoms with E-state index in [0.29, 0.717) is 25.9 Å². The number of aromatic nitrogens is 2. The average molecular weight is 558 g/mol. The Morgan fingerprint density at radius 2 is 1.93 bits per heavy atom. The van der Waals surface area contributed by atoms with E-state index in [-0.39, 0.29) is 5.91 Å². The van der Waals surface area contributed by atoms with Gasteiger partial charge in [-0.1, -0.05) is 54.6 Å². The molecule has 1 aliphatic heterocycles. The fourth-order valence-electron chi connectivity index (χ4n) is 4.71. The summed E-state index contributed by atoms with van der Waals surface area (Å²) >= 11 is 1.36. The molecule has 0 aliphatic carbocycles. The van der Waals surface area contributed by atoms with E-state index >= 15 is 0 Å². The Bertz CT molecular complexity index is 1360. The van der Waals surface area contributed by atoms with Crippen molar-refractivity contribution in [2.45, 2.75) is 19.4 Å². The molecular weight excluding hydrogens is 522 g/mol. The smallest absolute Gasteiger partial charge is 0.224 e. The molecule has 0 spiro atoms. The second-order valence-electron chi connectivity index (χ2n) is 9.77. The molecule has 0 atom stereocenters. The standard InChI is InChI=1S/C31H35N5O3S/c1-38-27-12-5-10-26(22-27)23-29-32-31(40-33-29)36(24-28-13-7-21-39-28)16-14-30(37)35-19-17-34(18-20-35)15-6-11-25-8-3-2-4-9-25/h2-13,21-22H,14-20,23-24H2,1H3/b11-6+. The van der Waals surface area contributed by atoms with Crippen molar-refractivity contribution in [3.63, 3.8) is 0 Å². The molecule has 8 nitrogen and oxygen atoms in total. The van der Waals surface area contributed by atoms with Gasteiger partial charge in [-0.05, 0) is 35.4 Å². The third kappa shape index (κ3) is 7.80. The molecular formula is C31H35N5O3S. The van der Waals surface area contributed by atoms with Gasteiger partial charge in [-0.3, -0.25) is 9.69 Å². The summed E-state index contributed by atoms with van der Waals surface area (Å²) in [7, 11) is 1.66. The van der Waals surface area contributed by atoms with Crippen molar-refractivity contribution >= 4 is 28.6 Å². The summed E-state index contributed by atoms with van der Waals surface area (Å²) in [4.78, 5) is 24.4. The van der Waals surface area contributed by atoms with Crippen LogP contribution in [0.25, 0.3) is 6.08 Å². The Labute approximate surface area is 239 Å². The molecule has 0 saturated carbocycles. The van der Waals surface area contributed by atoms with Gasteiger partial charge in [0, 0.05) is 63.6 Å². The number of hydrogen-bond donors (Lipinski definition) is 0. The lowest BCUT2D eigenvalue weighted by Crippen LogP contribution is -2.49. The number of benzene rings is 2. The van der Waals surface area contributed by atoms with Gasteiger partial charge in [-0.25, -0.2) is 4.98 Å². The number of ether oxygens (including phenoxy) is 1. The van der Waals surface area contributed by atoms with E-state index < -0.39 is 0 Å². The molecule has 0 N–H and O–H groups in total. The second kappa shape index (κ2) is 13.9. The largest absolute Gasteiger partial charge is 0.497 e. The zero-order valence-corrected chi connectivity index (χ0v) is 23.6. The number of carbonyl (C=O) groups excluding carboxylic acids is 1. The van der Waals surface area contributed by atoms with Gasteiger partial charge in [0.1, 0.15) is 17.3 Å². The molecule has 0 radical (unpaired) electrons. The summed E-state index contributed by atoms with van der Waals surface area (Å²) in [6.45, 7) is 5.24. The number of anilines is 1. The molecule has 5 rings (SSSR count). The van der Waals surface area contributed by atoms with Crippen molar-refractivity contribution < 1.29 is 13.9 Å².